The van der Waals surface area contributed by atoms with Gasteiger partial charge < -0.3 is 33.8 Å². The lowest BCUT2D eigenvalue weighted by molar-refractivity contribution is -0.115. The number of ether oxygens (including phenoxy) is 1. The van der Waals surface area contributed by atoms with E-state index < -0.39 is 6.10 Å². The Labute approximate surface area is 212 Å². The van der Waals surface area contributed by atoms with E-state index in [2.05, 4.69) is 20.3 Å². The second-order valence-electron chi connectivity index (χ2n) is 9.22. The van der Waals surface area contributed by atoms with E-state index in [1.54, 1.807) is 12.3 Å². The number of nitrogens with one attached hydrogen (secondary N) is 1. The first-order valence-electron chi connectivity index (χ1n) is 12.3. The largest absolute Gasteiger partial charge is 0.444 e. The van der Waals surface area contributed by atoms with Crippen molar-refractivity contribution in [3.8, 4) is 11.5 Å². The first-order chi connectivity index (χ1) is 18.0. The number of β-amino-alcohol motifs (C(OH)–C–C–N with tert-alkyl or cyclic N) is 1. The number of aliphatic hydroxyl groups is 1. The van der Waals surface area contributed by atoms with Gasteiger partial charge in [-0.1, -0.05) is 0 Å². The number of hydrogen-bond acceptors (Lipinski definition) is 11. The maximum atomic E-state index is 13.0. The number of hydrogen-bond donors (Lipinski definition) is 2. The summed E-state index contributed by atoms with van der Waals surface area (Å²) < 4.78 is 17.0. The maximum absolute atomic E-state index is 13.0. The summed E-state index contributed by atoms with van der Waals surface area (Å²) in [6.07, 6.45) is 3.36. The summed E-state index contributed by atoms with van der Waals surface area (Å²) >= 11 is 0. The molecule has 12 heteroatoms. The highest BCUT2D eigenvalue weighted by Crippen LogP contribution is 2.33. The van der Waals surface area contributed by atoms with E-state index >= 15 is 0 Å². The fraction of sp³-hybridized carbons (Fsp3) is 0.400. The van der Waals surface area contributed by atoms with Gasteiger partial charge in [-0.05, 0) is 25.5 Å². The molecule has 0 unspecified atom stereocenters. The number of fused-ring (bicyclic) bond motifs is 1. The van der Waals surface area contributed by atoms with Crippen molar-refractivity contribution in [2.45, 2.75) is 25.9 Å². The Morgan fingerprint density at radius 3 is 2.81 bits per heavy atom. The molecule has 0 spiro atoms. The minimum Gasteiger partial charge on any atom is -0.444 e. The number of morpholine rings is 1. The topological polar surface area (TPSA) is 143 Å². The molecule has 0 aliphatic carbocycles. The molecule has 4 aromatic rings. The molecular weight excluding hydrogens is 478 g/mol. The van der Waals surface area contributed by atoms with Crippen LogP contribution in [-0.4, -0.2) is 76.4 Å². The molecule has 37 heavy (non-hydrogen) atoms. The molecule has 0 saturated carbocycles. The van der Waals surface area contributed by atoms with Crippen molar-refractivity contribution in [1.82, 2.24) is 19.9 Å². The van der Waals surface area contributed by atoms with Gasteiger partial charge in [0, 0.05) is 49.7 Å². The van der Waals surface area contributed by atoms with E-state index in [0.29, 0.717) is 86.1 Å². The molecule has 6 heterocycles. The number of anilines is 3. The van der Waals surface area contributed by atoms with Crippen LogP contribution < -0.4 is 15.1 Å². The molecule has 2 aliphatic rings. The molecule has 2 aliphatic heterocycles. The van der Waals surface area contributed by atoms with Gasteiger partial charge in [0.25, 0.3) is 6.01 Å². The summed E-state index contributed by atoms with van der Waals surface area (Å²) in [5.74, 6) is 0.702. The van der Waals surface area contributed by atoms with Crippen molar-refractivity contribution in [2.75, 3.05) is 54.5 Å². The van der Waals surface area contributed by atoms with Crippen molar-refractivity contribution >= 4 is 34.7 Å². The molecule has 1 amide bonds. The zero-order valence-electron chi connectivity index (χ0n) is 20.4. The zero-order chi connectivity index (χ0) is 25.4. The van der Waals surface area contributed by atoms with Crippen LogP contribution in [0.25, 0.3) is 22.7 Å². The zero-order valence-corrected chi connectivity index (χ0v) is 20.4. The fourth-order valence-corrected chi connectivity index (χ4v) is 4.56. The van der Waals surface area contributed by atoms with Crippen LogP contribution in [0.15, 0.2) is 39.5 Å². The first-order valence-corrected chi connectivity index (χ1v) is 12.3. The highest BCUT2D eigenvalue weighted by molar-refractivity contribution is 5.97. The quantitative estimate of drug-likeness (QED) is 0.398. The normalized spacial score (nSPS) is 18.1. The molecule has 6 rings (SSSR count). The number of rotatable bonds is 6. The fourth-order valence-electron chi connectivity index (χ4n) is 4.56. The number of carbonyl (C=O) groups excluding carboxylic acids is 1. The van der Waals surface area contributed by atoms with E-state index in [9.17, 15) is 9.90 Å². The third-order valence-corrected chi connectivity index (χ3v) is 6.41. The van der Waals surface area contributed by atoms with Gasteiger partial charge in [-0.25, -0.2) is 9.97 Å². The maximum Gasteiger partial charge on any atom is 0.300 e. The molecule has 0 radical (unpaired) electrons. The minimum atomic E-state index is -0.451. The summed E-state index contributed by atoms with van der Waals surface area (Å²) in [7, 11) is 0. The third-order valence-electron chi connectivity index (χ3n) is 6.41. The minimum absolute atomic E-state index is 0.0170. The lowest BCUT2D eigenvalue weighted by atomic mass is 10.2. The van der Waals surface area contributed by atoms with Crippen LogP contribution in [0.3, 0.4) is 0 Å². The van der Waals surface area contributed by atoms with Crippen LogP contribution in [0.4, 0.5) is 17.5 Å². The number of amides is 1. The predicted octanol–water partition coefficient (Wildman–Crippen LogP) is 2.17. The molecular formula is C25H27N7O5. The van der Waals surface area contributed by atoms with Gasteiger partial charge in [-0.3, -0.25) is 9.78 Å². The van der Waals surface area contributed by atoms with E-state index in [0.717, 1.165) is 11.3 Å². The summed E-state index contributed by atoms with van der Waals surface area (Å²) in [5.41, 5.74) is 3.56. The standard InChI is InChI=1S/C25H27N7O5/c1-15-10-16(2-4-26-15)24-27-17(14-36-24)11-21(34)28-19-12-20-22(29-23(19)32-5-3-18(33)13-32)30-25(37-20)31-6-8-35-9-7-31/h2,4,10,12,14,18,33H,3,5-9,11,13H2,1H3,(H,28,34)/t18-/m1/s1. The number of aliphatic hydroxyl groups excluding tert-OH is 1. The van der Waals surface area contributed by atoms with Crippen LogP contribution in [0.2, 0.25) is 0 Å². The molecule has 192 valence electrons. The number of pyridine rings is 2. The van der Waals surface area contributed by atoms with Crippen LogP contribution in [0.1, 0.15) is 17.8 Å². The molecule has 12 nitrogen and oxygen atoms in total. The monoisotopic (exact) mass is 505 g/mol. The van der Waals surface area contributed by atoms with Crippen LogP contribution in [0.5, 0.6) is 0 Å². The smallest absolute Gasteiger partial charge is 0.300 e. The molecule has 0 aromatic carbocycles. The molecule has 0 bridgehead atoms. The van der Waals surface area contributed by atoms with Gasteiger partial charge in [0.05, 0.1) is 37.1 Å². The Hall–Kier alpha value is -4.03. The molecule has 4 aromatic heterocycles. The van der Waals surface area contributed by atoms with Gasteiger partial charge in [-0.2, -0.15) is 4.98 Å². The van der Waals surface area contributed by atoms with Gasteiger partial charge >= 0.3 is 0 Å². The van der Waals surface area contributed by atoms with Crippen LogP contribution >= 0.6 is 0 Å². The average molecular weight is 506 g/mol. The van der Waals surface area contributed by atoms with Crippen molar-refractivity contribution < 1.29 is 23.5 Å². The number of oxazole rings is 2. The van der Waals surface area contributed by atoms with E-state index in [4.69, 9.17) is 18.6 Å². The number of carbonyl (C=O) groups is 1. The summed E-state index contributed by atoms with van der Waals surface area (Å²) in [6.45, 7) is 5.51. The van der Waals surface area contributed by atoms with Crippen molar-refractivity contribution in [3.05, 3.63) is 42.0 Å². The SMILES string of the molecule is Cc1cc(-c2nc(CC(=O)Nc3cc4oc(N5CCOCC5)nc4nc3N3CC[C@@H](O)C3)co2)ccn1. The Morgan fingerprint density at radius 2 is 2.03 bits per heavy atom. The van der Waals surface area contributed by atoms with Gasteiger partial charge in [0.15, 0.2) is 11.4 Å². The lowest BCUT2D eigenvalue weighted by Crippen LogP contribution is -2.36. The second-order valence-corrected chi connectivity index (χ2v) is 9.22. The van der Waals surface area contributed by atoms with Gasteiger partial charge in [0.1, 0.15) is 6.26 Å². The van der Waals surface area contributed by atoms with Gasteiger partial charge in [0.2, 0.25) is 17.4 Å². The van der Waals surface area contributed by atoms with Crippen molar-refractivity contribution in [2.24, 2.45) is 0 Å². The Morgan fingerprint density at radius 1 is 1.16 bits per heavy atom. The Balaban J connectivity index is 1.25. The number of nitrogens with zero attached hydrogens (tertiary/aromatic N) is 6. The highest BCUT2D eigenvalue weighted by atomic mass is 16.5. The van der Waals surface area contributed by atoms with E-state index in [1.165, 1.54) is 6.26 Å². The molecule has 2 fully saturated rings. The Kier molecular flexibility index (Phi) is 6.18. The number of aryl methyl sites for hydroxylation is 1. The van der Waals surface area contributed by atoms with Gasteiger partial charge in [-0.15, -0.1) is 0 Å². The van der Waals surface area contributed by atoms with Crippen molar-refractivity contribution in [3.63, 3.8) is 0 Å². The first kappa shape index (κ1) is 23.4. The average Bonchev–Trinajstić information content (AvgIpc) is 3.64. The lowest BCUT2D eigenvalue weighted by Gasteiger charge is -2.24. The summed E-state index contributed by atoms with van der Waals surface area (Å²) in [4.78, 5) is 34.9. The molecule has 1 atom stereocenters. The predicted molar refractivity (Wildman–Crippen MR) is 134 cm³/mol. The molecule has 2 saturated heterocycles. The Bertz CT molecular complexity index is 1430. The summed E-state index contributed by atoms with van der Waals surface area (Å²) in [6, 6.07) is 5.90. The van der Waals surface area contributed by atoms with Crippen LogP contribution in [-0.2, 0) is 16.0 Å². The number of aromatic nitrogens is 4. The van der Waals surface area contributed by atoms with E-state index in [1.807, 2.05) is 28.9 Å². The van der Waals surface area contributed by atoms with Crippen LogP contribution in [0, 0.1) is 6.92 Å². The van der Waals surface area contributed by atoms with Crippen molar-refractivity contribution in [1.29, 1.82) is 0 Å². The van der Waals surface area contributed by atoms with E-state index in [-0.39, 0.29) is 12.3 Å². The molecule has 2 N–H and O–H groups in total. The third kappa shape index (κ3) is 4.98. The second kappa shape index (κ2) is 9.79. The highest BCUT2D eigenvalue weighted by Gasteiger charge is 2.27. The summed E-state index contributed by atoms with van der Waals surface area (Å²) in [5, 5.41) is 13.0.